The van der Waals surface area contributed by atoms with Crippen molar-refractivity contribution >= 4 is 5.97 Å². The highest BCUT2D eigenvalue weighted by atomic mass is 16.4. The fourth-order valence-electron chi connectivity index (χ4n) is 2.64. The van der Waals surface area contributed by atoms with Gasteiger partial charge in [-0.25, -0.2) is 0 Å². The molecule has 1 aromatic carbocycles. The van der Waals surface area contributed by atoms with Crippen LogP contribution < -0.4 is 0 Å². The Morgan fingerprint density at radius 3 is 2.89 bits per heavy atom. The van der Waals surface area contributed by atoms with Gasteiger partial charge in [0.2, 0.25) is 0 Å². The van der Waals surface area contributed by atoms with Gasteiger partial charge in [0.1, 0.15) is 6.04 Å². The number of aliphatic carboxylic acids is 1. The zero-order chi connectivity index (χ0) is 13.0. The fourth-order valence-corrected chi connectivity index (χ4v) is 2.64. The van der Waals surface area contributed by atoms with Gasteiger partial charge < -0.3 is 5.11 Å². The number of carbonyl (C=O) groups is 1. The number of carboxylic acids is 1. The molecule has 1 aliphatic rings. The van der Waals surface area contributed by atoms with E-state index < -0.39 is 5.97 Å². The lowest BCUT2D eigenvalue weighted by atomic mass is 10.0. The van der Waals surface area contributed by atoms with E-state index in [1.54, 1.807) is 0 Å². The Balaban J connectivity index is 2.08. The molecule has 1 N–H and O–H groups in total. The number of piperidine rings is 1. The van der Waals surface area contributed by atoms with Gasteiger partial charge in [-0.15, -0.1) is 0 Å². The molecule has 98 valence electrons. The van der Waals surface area contributed by atoms with E-state index in [4.69, 9.17) is 0 Å². The molecule has 0 radical (unpaired) electrons. The van der Waals surface area contributed by atoms with E-state index in [1.165, 1.54) is 11.1 Å². The molecule has 0 spiro atoms. The highest BCUT2D eigenvalue weighted by Crippen LogP contribution is 2.20. The summed E-state index contributed by atoms with van der Waals surface area (Å²) in [4.78, 5) is 13.3. The second kappa shape index (κ2) is 6.01. The third-order valence-electron chi connectivity index (χ3n) is 3.68. The molecule has 1 aliphatic heterocycles. The molecule has 2 rings (SSSR count). The number of benzene rings is 1. The van der Waals surface area contributed by atoms with Crippen LogP contribution in [0.3, 0.4) is 0 Å². The molecule has 3 nitrogen and oxygen atoms in total. The predicted octanol–water partition coefficient (Wildman–Crippen LogP) is 2.69. The lowest BCUT2D eigenvalue weighted by molar-refractivity contribution is -0.144. The molecule has 1 aromatic rings. The van der Waals surface area contributed by atoms with Gasteiger partial charge in [-0.1, -0.05) is 37.6 Å². The van der Waals surface area contributed by atoms with Gasteiger partial charge >= 0.3 is 5.97 Å². The molecule has 1 unspecified atom stereocenters. The van der Waals surface area contributed by atoms with Gasteiger partial charge in [-0.3, -0.25) is 9.69 Å². The second-order valence-electron chi connectivity index (χ2n) is 4.99. The van der Waals surface area contributed by atoms with Crippen molar-refractivity contribution in [1.29, 1.82) is 0 Å². The quantitative estimate of drug-likeness (QED) is 0.889. The van der Waals surface area contributed by atoms with E-state index in [2.05, 4.69) is 36.1 Å². The molecular formula is C15H21NO2. The van der Waals surface area contributed by atoms with Crippen LogP contribution in [-0.4, -0.2) is 28.6 Å². The third-order valence-corrected chi connectivity index (χ3v) is 3.68. The number of nitrogens with zero attached hydrogens (tertiary/aromatic N) is 1. The number of aryl methyl sites for hydroxylation is 1. The van der Waals surface area contributed by atoms with Crippen LogP contribution in [0.4, 0.5) is 0 Å². The minimum Gasteiger partial charge on any atom is -0.480 e. The maximum Gasteiger partial charge on any atom is 0.320 e. The van der Waals surface area contributed by atoms with Crippen molar-refractivity contribution < 1.29 is 9.90 Å². The maximum absolute atomic E-state index is 11.2. The van der Waals surface area contributed by atoms with E-state index in [0.29, 0.717) is 0 Å². The van der Waals surface area contributed by atoms with Gasteiger partial charge in [0, 0.05) is 6.54 Å². The number of carboxylic acid groups (broad SMARTS) is 1. The first-order valence-electron chi connectivity index (χ1n) is 6.75. The first-order chi connectivity index (χ1) is 8.70. The minimum atomic E-state index is -0.679. The molecule has 1 heterocycles. The first kappa shape index (κ1) is 13.1. The van der Waals surface area contributed by atoms with Gasteiger partial charge in [-0.05, 0) is 36.9 Å². The largest absolute Gasteiger partial charge is 0.480 e. The van der Waals surface area contributed by atoms with Crippen molar-refractivity contribution in [2.45, 2.75) is 45.2 Å². The number of rotatable bonds is 4. The first-order valence-corrected chi connectivity index (χ1v) is 6.75. The summed E-state index contributed by atoms with van der Waals surface area (Å²) in [6, 6.07) is 8.16. The van der Waals surface area contributed by atoms with Gasteiger partial charge in [-0.2, -0.15) is 0 Å². The minimum absolute atomic E-state index is 0.302. The van der Waals surface area contributed by atoms with Crippen molar-refractivity contribution in [2.24, 2.45) is 0 Å². The summed E-state index contributed by atoms with van der Waals surface area (Å²) in [5.74, 6) is -0.679. The molecule has 18 heavy (non-hydrogen) atoms. The highest BCUT2D eigenvalue weighted by Gasteiger charge is 2.28. The summed E-state index contributed by atoms with van der Waals surface area (Å²) in [6.07, 6.45) is 3.94. The maximum atomic E-state index is 11.2. The van der Waals surface area contributed by atoms with E-state index >= 15 is 0 Å². The predicted molar refractivity (Wildman–Crippen MR) is 71.5 cm³/mol. The van der Waals surface area contributed by atoms with Crippen LogP contribution in [0.5, 0.6) is 0 Å². The van der Waals surface area contributed by atoms with Crippen LogP contribution in [0.25, 0.3) is 0 Å². The van der Waals surface area contributed by atoms with Crippen LogP contribution in [0.15, 0.2) is 24.3 Å². The average Bonchev–Trinajstić information content (AvgIpc) is 2.39. The van der Waals surface area contributed by atoms with Crippen molar-refractivity contribution in [3.8, 4) is 0 Å². The Hall–Kier alpha value is -1.35. The van der Waals surface area contributed by atoms with E-state index in [0.717, 1.165) is 38.8 Å². The molecule has 3 heteroatoms. The van der Waals surface area contributed by atoms with Gasteiger partial charge in [0.25, 0.3) is 0 Å². The average molecular weight is 247 g/mol. The van der Waals surface area contributed by atoms with Crippen molar-refractivity contribution in [3.63, 3.8) is 0 Å². The van der Waals surface area contributed by atoms with Gasteiger partial charge in [0.05, 0.1) is 0 Å². The molecular weight excluding hydrogens is 226 g/mol. The number of likely N-dealkylation sites (tertiary alicyclic amines) is 1. The van der Waals surface area contributed by atoms with Crippen molar-refractivity contribution in [1.82, 2.24) is 4.90 Å². The normalized spacial score (nSPS) is 20.8. The molecule has 0 saturated carbocycles. The van der Waals surface area contributed by atoms with Crippen LogP contribution in [0.2, 0.25) is 0 Å². The third kappa shape index (κ3) is 3.10. The Bertz CT molecular complexity index is 417. The van der Waals surface area contributed by atoms with Crippen LogP contribution >= 0.6 is 0 Å². The smallest absolute Gasteiger partial charge is 0.320 e. The van der Waals surface area contributed by atoms with Crippen molar-refractivity contribution in [2.75, 3.05) is 6.54 Å². The molecule has 1 atom stereocenters. The lowest BCUT2D eigenvalue weighted by Crippen LogP contribution is -2.43. The molecule has 1 saturated heterocycles. The fraction of sp³-hybridized carbons (Fsp3) is 0.533. The van der Waals surface area contributed by atoms with Crippen LogP contribution in [0.1, 0.15) is 37.3 Å². The van der Waals surface area contributed by atoms with E-state index in [1.807, 2.05) is 0 Å². The SMILES string of the molecule is CCc1cccc(CN2CCCCC2C(=O)O)c1. The molecule has 0 amide bonds. The number of hydrogen-bond acceptors (Lipinski definition) is 2. The Labute approximate surface area is 108 Å². The Morgan fingerprint density at radius 1 is 1.39 bits per heavy atom. The molecule has 1 fully saturated rings. The van der Waals surface area contributed by atoms with Crippen molar-refractivity contribution in [3.05, 3.63) is 35.4 Å². The standard InChI is InChI=1S/C15H21NO2/c1-2-12-6-5-7-13(10-12)11-16-9-4-3-8-14(16)15(17)18/h5-7,10,14H,2-4,8-9,11H2,1H3,(H,17,18). The zero-order valence-corrected chi connectivity index (χ0v) is 10.9. The zero-order valence-electron chi connectivity index (χ0n) is 10.9. The van der Waals surface area contributed by atoms with E-state index in [-0.39, 0.29) is 6.04 Å². The summed E-state index contributed by atoms with van der Waals surface area (Å²) >= 11 is 0. The molecule has 0 aromatic heterocycles. The summed E-state index contributed by atoms with van der Waals surface area (Å²) in [5, 5.41) is 9.25. The summed E-state index contributed by atoms with van der Waals surface area (Å²) < 4.78 is 0. The topological polar surface area (TPSA) is 40.5 Å². The highest BCUT2D eigenvalue weighted by molar-refractivity contribution is 5.73. The Morgan fingerprint density at radius 2 is 2.17 bits per heavy atom. The summed E-state index contributed by atoms with van der Waals surface area (Å²) in [7, 11) is 0. The summed E-state index contributed by atoms with van der Waals surface area (Å²) in [5.41, 5.74) is 2.54. The second-order valence-corrected chi connectivity index (χ2v) is 4.99. The van der Waals surface area contributed by atoms with E-state index in [9.17, 15) is 9.90 Å². The summed E-state index contributed by atoms with van der Waals surface area (Å²) in [6.45, 7) is 3.79. The van der Waals surface area contributed by atoms with Gasteiger partial charge in [0.15, 0.2) is 0 Å². The molecule has 0 bridgehead atoms. The number of hydrogen-bond donors (Lipinski definition) is 1. The lowest BCUT2D eigenvalue weighted by Gasteiger charge is -2.32. The monoisotopic (exact) mass is 247 g/mol. The van der Waals surface area contributed by atoms with Crippen LogP contribution in [-0.2, 0) is 17.8 Å². The molecule has 0 aliphatic carbocycles. The Kier molecular flexibility index (Phi) is 4.37. The van der Waals surface area contributed by atoms with Crippen LogP contribution in [0, 0.1) is 0 Å².